The van der Waals surface area contributed by atoms with Crippen molar-refractivity contribution in [3.05, 3.63) is 29.8 Å². The van der Waals surface area contributed by atoms with Gasteiger partial charge in [0.15, 0.2) is 11.0 Å². The van der Waals surface area contributed by atoms with E-state index in [4.69, 9.17) is 16.8 Å². The SMILES string of the molecule is O/N=C(\Cl)c1ccncc1F. The monoisotopic (exact) mass is 174 g/mol. The fourth-order valence-electron chi connectivity index (χ4n) is 0.596. The Morgan fingerprint density at radius 1 is 1.73 bits per heavy atom. The number of aromatic nitrogens is 1. The number of nitrogens with zero attached hydrogens (tertiary/aromatic N) is 2. The summed E-state index contributed by atoms with van der Waals surface area (Å²) in [6.45, 7) is 0. The van der Waals surface area contributed by atoms with E-state index in [-0.39, 0.29) is 10.7 Å². The molecule has 1 heterocycles. The van der Waals surface area contributed by atoms with Crippen molar-refractivity contribution in [2.75, 3.05) is 0 Å². The molecule has 1 aromatic heterocycles. The van der Waals surface area contributed by atoms with Gasteiger partial charge < -0.3 is 5.21 Å². The van der Waals surface area contributed by atoms with Gasteiger partial charge in [0.25, 0.3) is 0 Å². The first kappa shape index (κ1) is 7.94. The molecule has 1 aromatic rings. The summed E-state index contributed by atoms with van der Waals surface area (Å²) in [5.74, 6) is -0.615. The van der Waals surface area contributed by atoms with Crippen molar-refractivity contribution in [2.24, 2.45) is 5.16 Å². The lowest BCUT2D eigenvalue weighted by Crippen LogP contribution is -1.95. The van der Waals surface area contributed by atoms with Gasteiger partial charge in [0.1, 0.15) is 0 Å². The highest BCUT2D eigenvalue weighted by Gasteiger charge is 2.05. The van der Waals surface area contributed by atoms with Gasteiger partial charge in [-0.25, -0.2) is 4.39 Å². The first-order valence-corrected chi connectivity index (χ1v) is 3.11. The largest absolute Gasteiger partial charge is 0.410 e. The molecule has 0 aliphatic rings. The van der Waals surface area contributed by atoms with E-state index >= 15 is 0 Å². The highest BCUT2D eigenvalue weighted by Crippen LogP contribution is 2.08. The Hall–Kier alpha value is -1.16. The van der Waals surface area contributed by atoms with Crippen molar-refractivity contribution < 1.29 is 9.60 Å². The Labute approximate surface area is 67.1 Å². The number of oxime groups is 1. The van der Waals surface area contributed by atoms with Crippen LogP contribution in [0.2, 0.25) is 0 Å². The standard InChI is InChI=1S/C6H4ClFN2O/c7-6(10-11)4-1-2-9-3-5(4)8/h1-3,11H/b10-6-. The van der Waals surface area contributed by atoms with Crippen LogP contribution in [0, 0.1) is 5.82 Å². The van der Waals surface area contributed by atoms with Crippen LogP contribution >= 0.6 is 11.6 Å². The molecule has 0 aliphatic heterocycles. The molecule has 0 atom stereocenters. The minimum absolute atomic E-state index is 0.0316. The van der Waals surface area contributed by atoms with Crippen LogP contribution in [-0.4, -0.2) is 15.4 Å². The molecule has 3 nitrogen and oxygen atoms in total. The number of rotatable bonds is 1. The van der Waals surface area contributed by atoms with Crippen molar-refractivity contribution >= 4 is 16.8 Å². The molecular weight excluding hydrogens is 171 g/mol. The molecule has 5 heteroatoms. The maximum Gasteiger partial charge on any atom is 0.178 e. The maximum absolute atomic E-state index is 12.7. The molecule has 0 aliphatic carbocycles. The summed E-state index contributed by atoms with van der Waals surface area (Å²) >= 11 is 5.33. The molecule has 11 heavy (non-hydrogen) atoms. The average molecular weight is 175 g/mol. The quantitative estimate of drug-likeness (QED) is 0.399. The van der Waals surface area contributed by atoms with E-state index in [1.165, 1.54) is 12.3 Å². The Morgan fingerprint density at radius 2 is 2.45 bits per heavy atom. The van der Waals surface area contributed by atoms with E-state index in [2.05, 4.69) is 10.1 Å². The van der Waals surface area contributed by atoms with Crippen LogP contribution in [0.15, 0.2) is 23.6 Å². The van der Waals surface area contributed by atoms with Crippen molar-refractivity contribution in [3.8, 4) is 0 Å². The van der Waals surface area contributed by atoms with E-state index in [0.717, 1.165) is 6.20 Å². The molecule has 0 fully saturated rings. The maximum atomic E-state index is 12.7. The van der Waals surface area contributed by atoms with Crippen LogP contribution in [0.4, 0.5) is 4.39 Å². The molecule has 0 radical (unpaired) electrons. The van der Waals surface area contributed by atoms with Gasteiger partial charge >= 0.3 is 0 Å². The highest BCUT2D eigenvalue weighted by molar-refractivity contribution is 6.69. The zero-order valence-corrected chi connectivity index (χ0v) is 6.09. The predicted octanol–water partition coefficient (Wildman–Crippen LogP) is 1.60. The molecule has 0 amide bonds. The Balaban J connectivity index is 3.14. The Morgan fingerprint density at radius 3 is 3.00 bits per heavy atom. The second kappa shape index (κ2) is 3.30. The molecule has 0 saturated heterocycles. The van der Waals surface area contributed by atoms with Crippen LogP contribution < -0.4 is 0 Å². The van der Waals surface area contributed by atoms with E-state index in [0.29, 0.717) is 0 Å². The minimum Gasteiger partial charge on any atom is -0.410 e. The lowest BCUT2D eigenvalue weighted by molar-refractivity contribution is 0.320. The lowest BCUT2D eigenvalue weighted by Gasteiger charge is -1.95. The lowest BCUT2D eigenvalue weighted by atomic mass is 10.3. The third kappa shape index (κ3) is 1.65. The molecule has 58 valence electrons. The second-order valence-electron chi connectivity index (χ2n) is 1.75. The van der Waals surface area contributed by atoms with Gasteiger partial charge in [0.05, 0.1) is 11.8 Å². The molecular formula is C6H4ClFN2O. The molecule has 1 rings (SSSR count). The van der Waals surface area contributed by atoms with Crippen LogP contribution in [-0.2, 0) is 0 Å². The number of hydrogen-bond acceptors (Lipinski definition) is 3. The van der Waals surface area contributed by atoms with Gasteiger partial charge in [0.2, 0.25) is 0 Å². The van der Waals surface area contributed by atoms with Crippen LogP contribution in [0.1, 0.15) is 5.56 Å². The molecule has 0 bridgehead atoms. The predicted molar refractivity (Wildman–Crippen MR) is 38.4 cm³/mol. The summed E-state index contributed by atoms with van der Waals surface area (Å²) < 4.78 is 12.7. The smallest absolute Gasteiger partial charge is 0.178 e. The highest BCUT2D eigenvalue weighted by atomic mass is 35.5. The fraction of sp³-hybridized carbons (Fsp3) is 0. The van der Waals surface area contributed by atoms with Crippen molar-refractivity contribution in [2.45, 2.75) is 0 Å². The van der Waals surface area contributed by atoms with Gasteiger partial charge in [-0.2, -0.15) is 0 Å². The van der Waals surface area contributed by atoms with Crippen molar-refractivity contribution in [1.82, 2.24) is 4.98 Å². The first-order valence-electron chi connectivity index (χ1n) is 2.73. The molecule has 0 unspecified atom stereocenters. The summed E-state index contributed by atoms with van der Waals surface area (Å²) in [6, 6.07) is 1.32. The van der Waals surface area contributed by atoms with E-state index < -0.39 is 5.82 Å². The number of hydrogen-bond donors (Lipinski definition) is 1. The third-order valence-corrected chi connectivity index (χ3v) is 1.36. The van der Waals surface area contributed by atoms with Crippen LogP contribution in [0.5, 0.6) is 0 Å². The third-order valence-electron chi connectivity index (χ3n) is 1.08. The first-order chi connectivity index (χ1) is 5.25. The summed E-state index contributed by atoms with van der Waals surface area (Å²) in [4.78, 5) is 3.49. The molecule has 0 spiro atoms. The Bertz CT molecular complexity index is 290. The van der Waals surface area contributed by atoms with Gasteiger partial charge in [-0.3, -0.25) is 4.98 Å². The van der Waals surface area contributed by atoms with Crippen molar-refractivity contribution in [3.63, 3.8) is 0 Å². The summed E-state index contributed by atoms with van der Waals surface area (Å²) in [5, 5.41) is 10.5. The van der Waals surface area contributed by atoms with Gasteiger partial charge in [-0.05, 0) is 6.07 Å². The molecule has 0 saturated carbocycles. The Kier molecular flexibility index (Phi) is 2.38. The zero-order chi connectivity index (χ0) is 8.27. The van der Waals surface area contributed by atoms with Gasteiger partial charge in [-0.15, -0.1) is 0 Å². The topological polar surface area (TPSA) is 45.5 Å². The fourth-order valence-corrected chi connectivity index (χ4v) is 0.750. The van der Waals surface area contributed by atoms with E-state index in [1.54, 1.807) is 0 Å². The molecule has 0 aromatic carbocycles. The number of halogens is 2. The number of pyridine rings is 1. The summed E-state index contributed by atoms with van der Waals surface area (Å²) in [7, 11) is 0. The summed E-state index contributed by atoms with van der Waals surface area (Å²) in [5.41, 5.74) is 0.0316. The second-order valence-corrected chi connectivity index (χ2v) is 2.10. The zero-order valence-electron chi connectivity index (χ0n) is 5.33. The minimum atomic E-state index is -0.615. The van der Waals surface area contributed by atoms with Gasteiger partial charge in [-0.1, -0.05) is 16.8 Å². The molecule has 1 N–H and O–H groups in total. The normalized spacial score (nSPS) is 11.6. The average Bonchev–Trinajstić information content (AvgIpc) is 2.04. The van der Waals surface area contributed by atoms with Crippen molar-refractivity contribution in [1.29, 1.82) is 0 Å². The van der Waals surface area contributed by atoms with Crippen LogP contribution in [0.3, 0.4) is 0 Å². The van der Waals surface area contributed by atoms with Gasteiger partial charge in [0, 0.05) is 6.20 Å². The van der Waals surface area contributed by atoms with Crippen LogP contribution in [0.25, 0.3) is 0 Å². The van der Waals surface area contributed by atoms with E-state index in [9.17, 15) is 4.39 Å². The summed E-state index contributed by atoms with van der Waals surface area (Å²) in [6.07, 6.45) is 2.34. The van der Waals surface area contributed by atoms with E-state index in [1.807, 2.05) is 0 Å².